The minimum absolute atomic E-state index is 0.136. The molecule has 0 aliphatic carbocycles. The summed E-state index contributed by atoms with van der Waals surface area (Å²) in [6.07, 6.45) is -1.56. The van der Waals surface area contributed by atoms with Crippen molar-refractivity contribution < 1.29 is 22.7 Å². The first-order valence-electron chi connectivity index (χ1n) is 9.86. The van der Waals surface area contributed by atoms with Crippen LogP contribution in [0.3, 0.4) is 0 Å². The molecule has 2 heterocycles. The van der Waals surface area contributed by atoms with Crippen molar-refractivity contribution in [2.75, 3.05) is 6.61 Å². The molecule has 0 aliphatic heterocycles. The van der Waals surface area contributed by atoms with Crippen LogP contribution in [0.2, 0.25) is 0 Å². The van der Waals surface area contributed by atoms with Crippen LogP contribution in [0.1, 0.15) is 28.7 Å². The number of amides is 1. The molecule has 0 radical (unpaired) electrons. The number of hydrogen-bond acceptors (Lipinski definition) is 4. The molecule has 0 bridgehead atoms. The van der Waals surface area contributed by atoms with Crippen LogP contribution < -0.4 is 10.1 Å². The van der Waals surface area contributed by atoms with Crippen molar-refractivity contribution in [2.45, 2.75) is 19.6 Å². The minimum atomic E-state index is -4.44. The number of aromatic nitrogens is 3. The average molecular weight is 440 g/mol. The predicted molar refractivity (Wildman–Crippen MR) is 113 cm³/mol. The van der Waals surface area contributed by atoms with Gasteiger partial charge in [0.15, 0.2) is 0 Å². The average Bonchev–Trinajstić information content (AvgIpc) is 3.22. The summed E-state index contributed by atoms with van der Waals surface area (Å²) in [5.41, 5.74) is 1.78. The van der Waals surface area contributed by atoms with E-state index in [0.717, 1.165) is 17.4 Å². The van der Waals surface area contributed by atoms with Crippen molar-refractivity contribution >= 4 is 16.8 Å². The van der Waals surface area contributed by atoms with Crippen molar-refractivity contribution in [3.8, 4) is 17.0 Å². The smallest absolute Gasteiger partial charge is 0.431 e. The number of ether oxygens (including phenoxy) is 1. The Kier molecular flexibility index (Phi) is 5.81. The lowest BCUT2D eigenvalue weighted by atomic mass is 10.1. The molecule has 4 rings (SSSR count). The summed E-state index contributed by atoms with van der Waals surface area (Å²) in [6.45, 7) is 2.59. The highest BCUT2D eigenvalue weighted by atomic mass is 19.4. The molecule has 9 heteroatoms. The van der Waals surface area contributed by atoms with E-state index in [1.807, 2.05) is 31.2 Å². The second kappa shape index (κ2) is 8.70. The van der Waals surface area contributed by atoms with Crippen LogP contribution in [0.15, 0.2) is 60.9 Å². The van der Waals surface area contributed by atoms with Gasteiger partial charge >= 0.3 is 6.18 Å². The number of fused-ring (bicyclic) bond motifs is 1. The zero-order valence-electron chi connectivity index (χ0n) is 17.0. The lowest BCUT2D eigenvalue weighted by Crippen LogP contribution is -2.24. The Bertz CT molecular complexity index is 1250. The zero-order chi connectivity index (χ0) is 22.7. The number of aromatic amines is 1. The number of benzene rings is 2. The monoisotopic (exact) mass is 440 g/mol. The van der Waals surface area contributed by atoms with E-state index in [2.05, 4.69) is 20.3 Å². The van der Waals surface area contributed by atoms with E-state index in [-0.39, 0.29) is 12.2 Å². The van der Waals surface area contributed by atoms with Crippen LogP contribution in [-0.2, 0) is 12.7 Å². The van der Waals surface area contributed by atoms with Gasteiger partial charge in [0.25, 0.3) is 5.91 Å². The Labute approximate surface area is 181 Å². The van der Waals surface area contributed by atoms with Gasteiger partial charge in [-0.3, -0.25) is 9.78 Å². The number of carbonyl (C=O) groups excluding carboxylic acids is 1. The van der Waals surface area contributed by atoms with Gasteiger partial charge < -0.3 is 15.0 Å². The highest BCUT2D eigenvalue weighted by Gasteiger charge is 2.32. The molecule has 2 aromatic heterocycles. The van der Waals surface area contributed by atoms with E-state index in [1.165, 1.54) is 12.4 Å². The fraction of sp³-hybridized carbons (Fsp3) is 0.174. The predicted octanol–water partition coefficient (Wildman–Crippen LogP) is 4.97. The molecule has 0 saturated heterocycles. The minimum Gasteiger partial charge on any atom is -0.494 e. The summed E-state index contributed by atoms with van der Waals surface area (Å²) in [7, 11) is 0. The summed E-state index contributed by atoms with van der Waals surface area (Å²) in [5.74, 6) is 0.285. The molecule has 0 fully saturated rings. The maximum atomic E-state index is 12.9. The second-order valence-corrected chi connectivity index (χ2v) is 7.03. The summed E-state index contributed by atoms with van der Waals surface area (Å²) in [6, 6.07) is 13.3. The van der Waals surface area contributed by atoms with Crippen molar-refractivity contribution in [1.29, 1.82) is 0 Å². The maximum Gasteiger partial charge on any atom is 0.431 e. The van der Waals surface area contributed by atoms with Gasteiger partial charge in [0, 0.05) is 23.0 Å². The maximum absolute atomic E-state index is 12.9. The number of alkyl halides is 3. The number of rotatable bonds is 6. The van der Waals surface area contributed by atoms with E-state index in [1.54, 1.807) is 18.2 Å². The zero-order valence-corrected chi connectivity index (χ0v) is 17.0. The van der Waals surface area contributed by atoms with E-state index < -0.39 is 17.8 Å². The molecule has 0 unspecified atom stereocenters. The first-order valence-corrected chi connectivity index (χ1v) is 9.86. The first-order chi connectivity index (χ1) is 15.3. The third kappa shape index (κ3) is 4.72. The van der Waals surface area contributed by atoms with Crippen LogP contribution in [0, 0.1) is 0 Å². The van der Waals surface area contributed by atoms with Gasteiger partial charge in [-0.2, -0.15) is 13.2 Å². The van der Waals surface area contributed by atoms with Crippen molar-refractivity contribution in [3.05, 3.63) is 77.9 Å². The lowest BCUT2D eigenvalue weighted by Gasteiger charge is -2.07. The van der Waals surface area contributed by atoms with Crippen LogP contribution >= 0.6 is 0 Å². The number of hydrogen-bond donors (Lipinski definition) is 2. The summed E-state index contributed by atoms with van der Waals surface area (Å²) >= 11 is 0. The largest absolute Gasteiger partial charge is 0.494 e. The molecule has 6 nitrogen and oxygen atoms in total. The number of halogens is 3. The molecule has 164 valence electrons. The Balaban J connectivity index is 1.42. The van der Waals surface area contributed by atoms with Crippen LogP contribution in [-0.4, -0.2) is 27.5 Å². The Hall–Kier alpha value is -3.88. The van der Waals surface area contributed by atoms with Gasteiger partial charge in [-0.15, -0.1) is 0 Å². The number of nitrogens with zero attached hydrogens (tertiary/aromatic N) is 2. The highest BCUT2D eigenvalue weighted by Crippen LogP contribution is 2.31. The van der Waals surface area contributed by atoms with Gasteiger partial charge in [0.05, 0.1) is 24.7 Å². The topological polar surface area (TPSA) is 79.9 Å². The van der Waals surface area contributed by atoms with Crippen molar-refractivity contribution in [2.24, 2.45) is 0 Å². The Morgan fingerprint density at radius 3 is 2.66 bits per heavy atom. The fourth-order valence-electron chi connectivity index (χ4n) is 3.22. The van der Waals surface area contributed by atoms with E-state index in [4.69, 9.17) is 4.74 Å². The SMILES string of the molecule is CCOc1cccc(-c2cnc(C(=O)NCc3ccc4[nH]c(C(F)(F)F)cc4c3)cn2)c1. The van der Waals surface area contributed by atoms with E-state index in [9.17, 15) is 18.0 Å². The molecule has 4 aromatic rings. The molecule has 0 atom stereocenters. The third-order valence-electron chi connectivity index (χ3n) is 4.77. The molecular formula is C23H19F3N4O2. The summed E-state index contributed by atoms with van der Waals surface area (Å²) in [5, 5.41) is 3.13. The van der Waals surface area contributed by atoms with E-state index in [0.29, 0.717) is 28.8 Å². The van der Waals surface area contributed by atoms with Crippen molar-refractivity contribution in [3.63, 3.8) is 0 Å². The van der Waals surface area contributed by atoms with Crippen molar-refractivity contribution in [1.82, 2.24) is 20.3 Å². The molecule has 32 heavy (non-hydrogen) atoms. The van der Waals surface area contributed by atoms with Gasteiger partial charge in [-0.05, 0) is 42.8 Å². The van der Waals surface area contributed by atoms with Crippen LogP contribution in [0.5, 0.6) is 5.75 Å². The molecule has 0 saturated carbocycles. The standard InChI is InChI=1S/C23H19F3N4O2/c1-2-32-17-5-3-4-15(9-17)19-12-28-20(13-27-19)22(31)29-11-14-6-7-18-16(8-14)10-21(30-18)23(24,25)26/h3-10,12-13,30H,2,11H2,1H3,(H,29,31). The fourth-order valence-corrected chi connectivity index (χ4v) is 3.22. The van der Waals surface area contributed by atoms with Gasteiger partial charge in [0.2, 0.25) is 0 Å². The molecule has 0 aliphatic rings. The normalized spacial score (nSPS) is 11.5. The number of carbonyl (C=O) groups is 1. The molecule has 1 amide bonds. The lowest BCUT2D eigenvalue weighted by molar-refractivity contribution is -0.140. The van der Waals surface area contributed by atoms with E-state index >= 15 is 0 Å². The highest BCUT2D eigenvalue weighted by molar-refractivity contribution is 5.92. The summed E-state index contributed by atoms with van der Waals surface area (Å²) < 4.78 is 44.0. The molecule has 2 aromatic carbocycles. The third-order valence-corrected chi connectivity index (χ3v) is 4.77. The van der Waals surface area contributed by atoms with Gasteiger partial charge in [-0.1, -0.05) is 18.2 Å². The molecular weight excluding hydrogens is 421 g/mol. The van der Waals surface area contributed by atoms with Crippen LogP contribution in [0.25, 0.3) is 22.2 Å². The first kappa shape index (κ1) is 21.4. The Morgan fingerprint density at radius 1 is 1.09 bits per heavy atom. The number of H-pyrrole nitrogens is 1. The molecule has 0 spiro atoms. The summed E-state index contributed by atoms with van der Waals surface area (Å²) in [4.78, 5) is 23.2. The molecule has 2 N–H and O–H groups in total. The van der Waals surface area contributed by atoms with Gasteiger partial charge in [0.1, 0.15) is 17.1 Å². The van der Waals surface area contributed by atoms with Crippen LogP contribution in [0.4, 0.5) is 13.2 Å². The Morgan fingerprint density at radius 2 is 1.94 bits per heavy atom. The second-order valence-electron chi connectivity index (χ2n) is 7.03. The quantitative estimate of drug-likeness (QED) is 0.444. The van der Waals surface area contributed by atoms with Gasteiger partial charge in [-0.25, -0.2) is 4.98 Å². The number of nitrogens with one attached hydrogen (secondary N) is 2.